The number of carboxylic acid groups (broad SMARTS) is 1. The zero-order chi connectivity index (χ0) is 15.2. The van der Waals surface area contributed by atoms with Gasteiger partial charge in [0.05, 0.1) is 12.7 Å². The highest BCUT2D eigenvalue weighted by Gasteiger charge is 2.09. The number of hydrogen-bond donors (Lipinski definition) is 2. The molecule has 4 nitrogen and oxygen atoms in total. The highest BCUT2D eigenvalue weighted by Crippen LogP contribution is 2.18. The molecule has 0 aliphatic rings. The van der Waals surface area contributed by atoms with Crippen LogP contribution in [0.3, 0.4) is 0 Å². The maximum Gasteiger partial charge on any atom is 0.337 e. The molecule has 0 spiro atoms. The molecule has 0 aromatic heterocycles. The number of ether oxygens (including phenoxy) is 1. The van der Waals surface area contributed by atoms with Gasteiger partial charge in [-0.2, -0.15) is 0 Å². The molecule has 0 aliphatic carbocycles. The van der Waals surface area contributed by atoms with Gasteiger partial charge in [-0.1, -0.05) is 23.8 Å². The van der Waals surface area contributed by atoms with Gasteiger partial charge in [0.15, 0.2) is 0 Å². The van der Waals surface area contributed by atoms with Crippen LogP contribution in [0.1, 0.15) is 21.5 Å². The second-order valence-electron chi connectivity index (χ2n) is 4.88. The maximum absolute atomic E-state index is 11.2. The summed E-state index contributed by atoms with van der Waals surface area (Å²) in [5.74, 6) is -0.0796. The van der Waals surface area contributed by atoms with Crippen molar-refractivity contribution in [1.82, 2.24) is 0 Å². The van der Waals surface area contributed by atoms with E-state index in [1.54, 1.807) is 13.2 Å². The molecule has 0 saturated carbocycles. The van der Waals surface area contributed by atoms with Crippen LogP contribution in [0.5, 0.6) is 5.75 Å². The average Bonchev–Trinajstić information content (AvgIpc) is 2.49. The predicted molar refractivity (Wildman–Crippen MR) is 83.3 cm³/mol. The van der Waals surface area contributed by atoms with Crippen LogP contribution >= 0.6 is 0 Å². The van der Waals surface area contributed by atoms with E-state index in [4.69, 9.17) is 4.74 Å². The topological polar surface area (TPSA) is 58.6 Å². The molecule has 4 heteroatoms. The van der Waals surface area contributed by atoms with Crippen molar-refractivity contribution in [3.8, 4) is 5.75 Å². The summed E-state index contributed by atoms with van der Waals surface area (Å²) in [7, 11) is 1.64. The monoisotopic (exact) mass is 285 g/mol. The number of rotatable bonds is 6. The van der Waals surface area contributed by atoms with Gasteiger partial charge in [-0.15, -0.1) is 0 Å². The highest BCUT2D eigenvalue weighted by molar-refractivity contribution is 5.94. The molecule has 0 fully saturated rings. The number of benzene rings is 2. The molecule has 0 saturated heterocycles. The smallest absolute Gasteiger partial charge is 0.337 e. The van der Waals surface area contributed by atoms with Gasteiger partial charge in [0, 0.05) is 12.2 Å². The van der Waals surface area contributed by atoms with E-state index in [2.05, 4.69) is 5.32 Å². The van der Waals surface area contributed by atoms with Crippen molar-refractivity contribution in [2.24, 2.45) is 0 Å². The third kappa shape index (κ3) is 3.99. The zero-order valence-corrected chi connectivity index (χ0v) is 12.2. The van der Waals surface area contributed by atoms with Crippen LogP contribution < -0.4 is 10.1 Å². The summed E-state index contributed by atoms with van der Waals surface area (Å²) in [6.07, 6.45) is 0.816. The summed E-state index contributed by atoms with van der Waals surface area (Å²) < 4.78 is 5.12. The minimum atomic E-state index is -0.911. The number of aryl methyl sites for hydroxylation is 1. The van der Waals surface area contributed by atoms with Crippen LogP contribution in [0.15, 0.2) is 42.5 Å². The second kappa shape index (κ2) is 6.79. The normalized spacial score (nSPS) is 10.2. The van der Waals surface area contributed by atoms with Gasteiger partial charge >= 0.3 is 5.97 Å². The van der Waals surface area contributed by atoms with Gasteiger partial charge < -0.3 is 15.2 Å². The van der Waals surface area contributed by atoms with Gasteiger partial charge in [-0.3, -0.25) is 0 Å². The van der Waals surface area contributed by atoms with Gasteiger partial charge in [0.2, 0.25) is 0 Å². The van der Waals surface area contributed by atoms with Crippen molar-refractivity contribution < 1.29 is 14.6 Å². The van der Waals surface area contributed by atoms with Gasteiger partial charge in [0.1, 0.15) is 5.75 Å². The Morgan fingerprint density at radius 1 is 1.19 bits per heavy atom. The molecule has 2 aromatic carbocycles. The summed E-state index contributed by atoms with van der Waals surface area (Å²) in [5, 5.41) is 12.4. The fraction of sp³-hybridized carbons (Fsp3) is 0.235. The lowest BCUT2D eigenvalue weighted by Gasteiger charge is -2.10. The predicted octanol–water partition coefficient (Wildman–Crippen LogP) is 3.36. The third-order valence-electron chi connectivity index (χ3n) is 3.29. The number of anilines is 1. The van der Waals surface area contributed by atoms with Crippen LogP contribution in [0.25, 0.3) is 0 Å². The fourth-order valence-electron chi connectivity index (χ4n) is 2.12. The number of hydrogen-bond acceptors (Lipinski definition) is 3. The highest BCUT2D eigenvalue weighted by atomic mass is 16.5. The average molecular weight is 285 g/mol. The van der Waals surface area contributed by atoms with Crippen molar-refractivity contribution in [3.05, 3.63) is 59.2 Å². The lowest BCUT2D eigenvalue weighted by Crippen LogP contribution is -2.09. The molecule has 0 bridgehead atoms. The van der Waals surface area contributed by atoms with Gasteiger partial charge in [-0.25, -0.2) is 4.79 Å². The van der Waals surface area contributed by atoms with E-state index in [-0.39, 0.29) is 0 Å². The molecule has 2 rings (SSSR count). The first-order valence-electron chi connectivity index (χ1n) is 6.81. The number of methoxy groups -OCH3 is 1. The molecule has 0 unspecified atom stereocenters. The molecule has 0 amide bonds. The summed E-state index contributed by atoms with van der Waals surface area (Å²) >= 11 is 0. The Labute approximate surface area is 124 Å². The number of carboxylic acids is 1. The minimum absolute atomic E-state index is 0.310. The lowest BCUT2D eigenvalue weighted by atomic mass is 10.1. The van der Waals surface area contributed by atoms with Crippen molar-refractivity contribution in [2.45, 2.75) is 13.3 Å². The number of carbonyl (C=O) groups is 1. The Morgan fingerprint density at radius 2 is 1.90 bits per heavy atom. The molecule has 110 valence electrons. The molecule has 0 radical (unpaired) electrons. The molecular formula is C17H19NO3. The quantitative estimate of drug-likeness (QED) is 0.854. The van der Waals surface area contributed by atoms with Crippen molar-refractivity contribution in [2.75, 3.05) is 19.0 Å². The van der Waals surface area contributed by atoms with Crippen LogP contribution in [-0.4, -0.2) is 24.7 Å². The molecule has 2 aromatic rings. The van der Waals surface area contributed by atoms with Crippen molar-refractivity contribution in [3.63, 3.8) is 0 Å². The molecular weight excluding hydrogens is 266 g/mol. The van der Waals surface area contributed by atoms with E-state index >= 15 is 0 Å². The van der Waals surface area contributed by atoms with Crippen molar-refractivity contribution >= 4 is 11.7 Å². The zero-order valence-electron chi connectivity index (χ0n) is 12.2. The number of nitrogens with one attached hydrogen (secondary N) is 1. The SMILES string of the molecule is COc1ccc(CCNc2ccc(C)cc2C(=O)O)cc1. The summed E-state index contributed by atoms with van der Waals surface area (Å²) in [4.78, 5) is 11.2. The Morgan fingerprint density at radius 3 is 2.52 bits per heavy atom. The summed E-state index contributed by atoms with van der Waals surface area (Å²) in [6, 6.07) is 13.3. The second-order valence-corrected chi connectivity index (χ2v) is 4.88. The van der Waals surface area contributed by atoms with E-state index in [0.29, 0.717) is 17.8 Å². The Bertz CT molecular complexity index is 620. The summed E-state index contributed by atoms with van der Waals surface area (Å²) in [5.41, 5.74) is 3.08. The van der Waals surface area contributed by atoms with E-state index in [0.717, 1.165) is 17.7 Å². The first-order valence-corrected chi connectivity index (χ1v) is 6.81. The van der Waals surface area contributed by atoms with Crippen molar-refractivity contribution in [1.29, 1.82) is 0 Å². The van der Waals surface area contributed by atoms with Crippen LogP contribution in [0.4, 0.5) is 5.69 Å². The van der Waals surface area contributed by atoms with Gasteiger partial charge in [-0.05, 0) is 43.2 Å². The standard InChI is InChI=1S/C17H19NO3/c1-12-3-8-16(15(11-12)17(19)20)18-10-9-13-4-6-14(21-2)7-5-13/h3-8,11,18H,9-10H2,1-2H3,(H,19,20). The molecule has 0 atom stereocenters. The molecule has 0 heterocycles. The third-order valence-corrected chi connectivity index (χ3v) is 3.29. The Hall–Kier alpha value is -2.49. The largest absolute Gasteiger partial charge is 0.497 e. The van der Waals surface area contributed by atoms with Crippen LogP contribution in [-0.2, 0) is 6.42 Å². The Balaban J connectivity index is 1.98. The molecule has 2 N–H and O–H groups in total. The van der Waals surface area contributed by atoms with E-state index in [1.807, 2.05) is 43.3 Å². The van der Waals surface area contributed by atoms with E-state index < -0.39 is 5.97 Å². The lowest BCUT2D eigenvalue weighted by molar-refractivity contribution is 0.0698. The number of aromatic carboxylic acids is 1. The van der Waals surface area contributed by atoms with E-state index in [1.165, 1.54) is 5.56 Å². The summed E-state index contributed by atoms with van der Waals surface area (Å²) in [6.45, 7) is 2.56. The maximum atomic E-state index is 11.2. The van der Waals surface area contributed by atoms with Crippen LogP contribution in [0, 0.1) is 6.92 Å². The Kier molecular flexibility index (Phi) is 4.82. The minimum Gasteiger partial charge on any atom is -0.497 e. The molecule has 21 heavy (non-hydrogen) atoms. The van der Waals surface area contributed by atoms with Crippen LogP contribution in [0.2, 0.25) is 0 Å². The first-order chi connectivity index (χ1) is 10.1. The first kappa shape index (κ1) is 14.9. The van der Waals surface area contributed by atoms with E-state index in [9.17, 15) is 9.90 Å². The van der Waals surface area contributed by atoms with Gasteiger partial charge in [0.25, 0.3) is 0 Å². The fourth-order valence-corrected chi connectivity index (χ4v) is 2.12. The molecule has 0 aliphatic heterocycles.